The van der Waals surface area contributed by atoms with Crippen molar-refractivity contribution in [2.45, 2.75) is 31.9 Å². The molecule has 6 rings (SSSR count). The van der Waals surface area contributed by atoms with Crippen LogP contribution >= 0.6 is 0 Å². The number of hydrogen-bond acceptors (Lipinski definition) is 7. The van der Waals surface area contributed by atoms with E-state index >= 15 is 0 Å². The number of halogens is 4. The van der Waals surface area contributed by atoms with Crippen molar-refractivity contribution in [2.24, 2.45) is 0 Å². The van der Waals surface area contributed by atoms with Crippen LogP contribution in [0, 0.1) is 11.6 Å². The molecule has 0 amide bonds. The van der Waals surface area contributed by atoms with Crippen LogP contribution < -0.4 is 5.32 Å². The molecule has 0 saturated carbocycles. The minimum Gasteiger partial charge on any atom is -0.319 e. The first-order valence-electron chi connectivity index (χ1n) is 12.5. The van der Waals surface area contributed by atoms with Gasteiger partial charge in [0.15, 0.2) is 11.6 Å². The molecule has 0 spiro atoms. The Morgan fingerprint density at radius 3 is 2.55 bits per heavy atom. The Morgan fingerprint density at radius 1 is 1.00 bits per heavy atom. The van der Waals surface area contributed by atoms with Crippen molar-refractivity contribution in [1.29, 1.82) is 0 Å². The van der Waals surface area contributed by atoms with Gasteiger partial charge in [0.2, 0.25) is 5.95 Å². The maximum absolute atomic E-state index is 15.0. The molecular weight excluding hydrogens is 500 g/mol. The Labute approximate surface area is 216 Å². The van der Waals surface area contributed by atoms with Gasteiger partial charge in [0.1, 0.15) is 22.9 Å². The average Bonchev–Trinajstić information content (AvgIpc) is 3.48. The van der Waals surface area contributed by atoms with Crippen molar-refractivity contribution in [1.82, 2.24) is 34.3 Å². The lowest BCUT2D eigenvalue weighted by molar-refractivity contribution is 0.0883. The Bertz CT molecular complexity index is 1460. The molecule has 1 unspecified atom stereocenters. The molecule has 0 aliphatic carbocycles. The molecule has 4 aromatic rings. The van der Waals surface area contributed by atoms with Gasteiger partial charge in [-0.1, -0.05) is 6.07 Å². The van der Waals surface area contributed by atoms with Gasteiger partial charge >= 0.3 is 0 Å². The number of benzene rings is 1. The van der Waals surface area contributed by atoms with Gasteiger partial charge < -0.3 is 14.8 Å². The number of alkyl halides is 2. The molecule has 1 N–H and O–H groups in total. The Kier molecular flexibility index (Phi) is 6.44. The summed E-state index contributed by atoms with van der Waals surface area (Å²) in [5, 5.41) is 2.96. The number of aromatic nitrogens is 5. The highest BCUT2D eigenvalue weighted by atomic mass is 19.3. The molecule has 2 aliphatic rings. The lowest BCUT2D eigenvalue weighted by Gasteiger charge is -2.32. The summed E-state index contributed by atoms with van der Waals surface area (Å²) in [6.07, 6.45) is 0.687. The SMILES string of the molecule is CN1CCN(Cc2ccc(Nc3ncc(F)c(-c4cc(F)c5nc6n(c5c4)C(C(F)F)CC6)n3)nc2)CC1. The highest BCUT2D eigenvalue weighted by molar-refractivity contribution is 5.83. The van der Waals surface area contributed by atoms with E-state index in [-0.39, 0.29) is 34.7 Å². The predicted octanol–water partition coefficient (Wildman–Crippen LogP) is 4.41. The number of fused-ring (bicyclic) bond motifs is 3. The fourth-order valence-electron chi connectivity index (χ4n) is 5.13. The molecule has 8 nitrogen and oxygen atoms in total. The maximum Gasteiger partial charge on any atom is 0.259 e. The van der Waals surface area contributed by atoms with Gasteiger partial charge in [0.05, 0.1) is 17.8 Å². The zero-order valence-electron chi connectivity index (χ0n) is 20.7. The van der Waals surface area contributed by atoms with E-state index in [0.29, 0.717) is 18.1 Å². The van der Waals surface area contributed by atoms with Crippen molar-refractivity contribution in [2.75, 3.05) is 38.5 Å². The predicted molar refractivity (Wildman–Crippen MR) is 134 cm³/mol. The Hall–Kier alpha value is -3.64. The maximum atomic E-state index is 15.0. The molecule has 1 atom stereocenters. The van der Waals surface area contributed by atoms with Crippen molar-refractivity contribution in [3.8, 4) is 11.3 Å². The fraction of sp³-hybridized carbons (Fsp3) is 0.385. The molecule has 1 saturated heterocycles. The molecular formula is C26H26F4N8. The summed E-state index contributed by atoms with van der Waals surface area (Å²) in [4.78, 5) is 21.5. The number of hydrogen-bond donors (Lipinski definition) is 1. The number of nitrogens with one attached hydrogen (secondary N) is 1. The number of anilines is 2. The average molecular weight is 527 g/mol. The van der Waals surface area contributed by atoms with Crippen molar-refractivity contribution in [3.63, 3.8) is 0 Å². The number of piperazine rings is 1. The van der Waals surface area contributed by atoms with E-state index in [4.69, 9.17) is 0 Å². The molecule has 12 heteroatoms. The van der Waals surface area contributed by atoms with Crippen molar-refractivity contribution < 1.29 is 17.6 Å². The van der Waals surface area contributed by atoms with Crippen LogP contribution in [0.2, 0.25) is 0 Å². The second kappa shape index (κ2) is 9.91. The minimum absolute atomic E-state index is 0.0113. The molecule has 0 radical (unpaired) electrons. The summed E-state index contributed by atoms with van der Waals surface area (Å²) >= 11 is 0. The van der Waals surface area contributed by atoms with E-state index in [2.05, 4.69) is 42.1 Å². The van der Waals surface area contributed by atoms with Gasteiger partial charge in [-0.2, -0.15) is 0 Å². The topological polar surface area (TPSA) is 75.0 Å². The lowest BCUT2D eigenvalue weighted by Crippen LogP contribution is -2.43. The molecule has 2 aliphatic heterocycles. The van der Waals surface area contributed by atoms with Gasteiger partial charge in [-0.05, 0) is 37.2 Å². The van der Waals surface area contributed by atoms with Crippen molar-refractivity contribution >= 4 is 22.8 Å². The first-order chi connectivity index (χ1) is 18.4. The molecule has 1 fully saturated rings. The molecule has 38 heavy (non-hydrogen) atoms. The molecule has 1 aromatic carbocycles. The third kappa shape index (κ3) is 4.69. The Balaban J connectivity index is 1.24. The summed E-state index contributed by atoms with van der Waals surface area (Å²) in [6, 6.07) is 5.23. The molecule has 198 valence electrons. The standard InChI is InChI=1S/C26H26F4N8/c1-36-6-8-37(9-7-36)14-15-2-4-21(31-12-15)33-26-32-13-18(28)23(35-26)16-10-17(27)24-20(11-16)38-19(25(29)30)3-5-22(38)34-24/h2,4,10-13,19,25H,3,5-9,14H2,1H3,(H,31,32,33,35). The van der Waals surface area contributed by atoms with E-state index in [1.807, 2.05) is 6.07 Å². The van der Waals surface area contributed by atoms with Crippen LogP contribution in [0.15, 0.2) is 36.7 Å². The van der Waals surface area contributed by atoms with Gasteiger partial charge in [0, 0.05) is 50.9 Å². The largest absolute Gasteiger partial charge is 0.319 e. The van der Waals surface area contributed by atoms with Gasteiger partial charge in [-0.15, -0.1) is 0 Å². The quantitative estimate of drug-likeness (QED) is 0.373. The second-order valence-electron chi connectivity index (χ2n) is 9.81. The zero-order valence-corrected chi connectivity index (χ0v) is 20.7. The summed E-state index contributed by atoms with van der Waals surface area (Å²) < 4.78 is 58.3. The van der Waals surface area contributed by atoms with E-state index in [0.717, 1.165) is 50.6 Å². The Morgan fingerprint density at radius 2 is 1.82 bits per heavy atom. The van der Waals surface area contributed by atoms with Crippen LogP contribution in [0.3, 0.4) is 0 Å². The van der Waals surface area contributed by atoms with E-state index in [1.165, 1.54) is 10.6 Å². The van der Waals surface area contributed by atoms with Crippen LogP contribution in [0.4, 0.5) is 29.3 Å². The summed E-state index contributed by atoms with van der Waals surface area (Å²) in [5.74, 6) is -0.548. The van der Waals surface area contributed by atoms with Gasteiger partial charge in [-0.25, -0.2) is 37.5 Å². The molecule has 3 aromatic heterocycles. The zero-order chi connectivity index (χ0) is 26.4. The fourth-order valence-corrected chi connectivity index (χ4v) is 5.13. The first-order valence-corrected chi connectivity index (χ1v) is 12.5. The van der Waals surface area contributed by atoms with Crippen LogP contribution in [-0.2, 0) is 13.0 Å². The third-order valence-corrected chi connectivity index (χ3v) is 7.19. The molecule has 0 bridgehead atoms. The monoisotopic (exact) mass is 526 g/mol. The molecule has 5 heterocycles. The van der Waals surface area contributed by atoms with E-state index in [1.54, 1.807) is 12.3 Å². The third-order valence-electron chi connectivity index (χ3n) is 7.19. The number of pyridine rings is 1. The second-order valence-corrected chi connectivity index (χ2v) is 9.81. The summed E-state index contributed by atoms with van der Waals surface area (Å²) in [6.45, 7) is 4.87. The van der Waals surface area contributed by atoms with Gasteiger partial charge in [-0.3, -0.25) is 4.90 Å². The van der Waals surface area contributed by atoms with Crippen LogP contribution in [0.25, 0.3) is 22.3 Å². The summed E-state index contributed by atoms with van der Waals surface area (Å²) in [5.41, 5.74) is 1.21. The van der Waals surface area contributed by atoms with Crippen LogP contribution in [0.5, 0.6) is 0 Å². The highest BCUT2D eigenvalue weighted by Crippen LogP contribution is 2.37. The van der Waals surface area contributed by atoms with Gasteiger partial charge in [0.25, 0.3) is 6.43 Å². The normalized spacial score (nSPS) is 18.4. The smallest absolute Gasteiger partial charge is 0.259 e. The number of imidazole rings is 1. The lowest BCUT2D eigenvalue weighted by atomic mass is 10.1. The van der Waals surface area contributed by atoms with E-state index < -0.39 is 24.1 Å². The minimum atomic E-state index is -2.62. The first kappa shape index (κ1) is 24.7. The summed E-state index contributed by atoms with van der Waals surface area (Å²) in [7, 11) is 2.11. The highest BCUT2D eigenvalue weighted by Gasteiger charge is 2.33. The number of rotatable bonds is 6. The van der Waals surface area contributed by atoms with Crippen LogP contribution in [0.1, 0.15) is 23.9 Å². The number of aryl methyl sites for hydroxylation is 1. The van der Waals surface area contributed by atoms with Crippen molar-refractivity contribution in [3.05, 3.63) is 59.7 Å². The van der Waals surface area contributed by atoms with E-state index in [9.17, 15) is 17.6 Å². The number of likely N-dealkylation sites (N-methyl/N-ethyl adjacent to an activating group) is 1. The number of nitrogens with zero attached hydrogens (tertiary/aromatic N) is 7. The van der Waals surface area contributed by atoms with Crippen LogP contribution in [-0.4, -0.2) is 74.0 Å².